The summed E-state index contributed by atoms with van der Waals surface area (Å²) in [6.07, 6.45) is 3.63. The first-order valence-corrected chi connectivity index (χ1v) is 6.39. The molecular weight excluding hydrogens is 226 g/mol. The molecule has 100 valence electrons. The lowest BCUT2D eigenvalue weighted by atomic mass is 10.0. The Morgan fingerprint density at radius 2 is 2.00 bits per heavy atom. The molecule has 1 aromatic rings. The lowest BCUT2D eigenvalue weighted by molar-refractivity contribution is -0.123. The fourth-order valence-corrected chi connectivity index (χ4v) is 1.53. The molecule has 0 spiro atoms. The van der Waals surface area contributed by atoms with E-state index in [1.807, 2.05) is 20.0 Å². The summed E-state index contributed by atoms with van der Waals surface area (Å²) >= 11 is 0. The van der Waals surface area contributed by atoms with E-state index >= 15 is 0 Å². The van der Waals surface area contributed by atoms with E-state index in [9.17, 15) is 4.79 Å². The maximum absolute atomic E-state index is 11.7. The average Bonchev–Trinajstić information content (AvgIpc) is 2.35. The molecule has 0 saturated carbocycles. The summed E-state index contributed by atoms with van der Waals surface area (Å²) in [5.74, 6) is 0.469. The van der Waals surface area contributed by atoms with Crippen LogP contribution in [0, 0.1) is 5.92 Å². The van der Waals surface area contributed by atoms with Crippen LogP contribution in [0.25, 0.3) is 0 Å². The topological polar surface area (TPSA) is 68.0 Å². The zero-order chi connectivity index (χ0) is 13.7. The minimum atomic E-state index is -0.453. The fraction of sp³-hybridized carbons (Fsp3) is 0.571. The molecule has 1 unspecified atom stereocenters. The second kappa shape index (κ2) is 6.50. The van der Waals surface area contributed by atoms with Crippen LogP contribution in [0.5, 0.6) is 0 Å². The highest BCUT2D eigenvalue weighted by Gasteiger charge is 2.16. The molecule has 0 aliphatic rings. The fourth-order valence-electron chi connectivity index (χ4n) is 1.53. The van der Waals surface area contributed by atoms with Gasteiger partial charge in [0.2, 0.25) is 5.91 Å². The van der Waals surface area contributed by atoms with Crippen LogP contribution < -0.4 is 11.1 Å². The highest BCUT2D eigenvalue weighted by molar-refractivity contribution is 5.81. The Morgan fingerprint density at radius 1 is 1.33 bits per heavy atom. The zero-order valence-corrected chi connectivity index (χ0v) is 11.6. The van der Waals surface area contributed by atoms with Gasteiger partial charge >= 0.3 is 0 Å². The first-order chi connectivity index (χ1) is 8.41. The number of amides is 1. The highest BCUT2D eigenvalue weighted by Crippen LogP contribution is 2.13. The van der Waals surface area contributed by atoms with Crippen molar-refractivity contribution in [2.75, 3.05) is 0 Å². The number of carbonyl (C=O) groups is 1. The van der Waals surface area contributed by atoms with Crippen molar-refractivity contribution in [1.29, 1.82) is 0 Å². The van der Waals surface area contributed by atoms with Crippen molar-refractivity contribution >= 4 is 5.91 Å². The maximum Gasteiger partial charge on any atom is 0.237 e. The minimum absolute atomic E-state index is 0.111. The molecule has 1 rings (SSSR count). The number of hydrogen-bond donors (Lipinski definition) is 2. The van der Waals surface area contributed by atoms with Gasteiger partial charge in [0, 0.05) is 18.9 Å². The summed E-state index contributed by atoms with van der Waals surface area (Å²) in [5, 5.41) is 2.84. The Balaban J connectivity index is 2.58. The van der Waals surface area contributed by atoms with E-state index in [-0.39, 0.29) is 11.8 Å². The molecule has 18 heavy (non-hydrogen) atoms. The molecule has 0 fully saturated rings. The maximum atomic E-state index is 11.7. The van der Waals surface area contributed by atoms with Gasteiger partial charge in [-0.15, -0.1) is 0 Å². The smallest absolute Gasteiger partial charge is 0.237 e. The van der Waals surface area contributed by atoms with Crippen molar-refractivity contribution in [3.63, 3.8) is 0 Å². The van der Waals surface area contributed by atoms with Crippen molar-refractivity contribution in [3.8, 4) is 0 Å². The Bertz CT molecular complexity index is 402. The number of nitrogens with zero attached hydrogens (tertiary/aromatic N) is 1. The van der Waals surface area contributed by atoms with Crippen LogP contribution in [0.3, 0.4) is 0 Å². The molecule has 0 bridgehead atoms. The number of nitrogens with two attached hydrogens (primary N) is 1. The molecule has 0 aliphatic carbocycles. The summed E-state index contributed by atoms with van der Waals surface area (Å²) in [7, 11) is 0. The van der Waals surface area contributed by atoms with Gasteiger partial charge in [-0.25, -0.2) is 0 Å². The summed E-state index contributed by atoms with van der Waals surface area (Å²) in [6.45, 7) is 8.59. The van der Waals surface area contributed by atoms with Gasteiger partial charge in [0.1, 0.15) is 0 Å². The van der Waals surface area contributed by atoms with Gasteiger partial charge in [-0.2, -0.15) is 0 Å². The van der Waals surface area contributed by atoms with Crippen LogP contribution in [-0.4, -0.2) is 16.9 Å². The molecule has 4 nitrogen and oxygen atoms in total. The quantitative estimate of drug-likeness (QED) is 0.836. The van der Waals surface area contributed by atoms with Crippen LogP contribution in [-0.2, 0) is 11.3 Å². The molecule has 1 aromatic heterocycles. The predicted molar refractivity (Wildman–Crippen MR) is 73.0 cm³/mol. The summed E-state index contributed by atoms with van der Waals surface area (Å²) < 4.78 is 0. The number of rotatable bonds is 5. The molecule has 1 atom stereocenters. The van der Waals surface area contributed by atoms with E-state index in [4.69, 9.17) is 5.73 Å². The molecule has 0 aliphatic heterocycles. The molecular formula is C14H23N3O. The van der Waals surface area contributed by atoms with E-state index in [1.54, 1.807) is 6.20 Å². The lowest BCUT2D eigenvalue weighted by Gasteiger charge is -2.15. The van der Waals surface area contributed by atoms with Gasteiger partial charge in [0.05, 0.1) is 6.04 Å². The molecule has 0 saturated heterocycles. The summed E-state index contributed by atoms with van der Waals surface area (Å²) in [6, 6.07) is 1.62. The van der Waals surface area contributed by atoms with Crippen molar-refractivity contribution in [1.82, 2.24) is 10.3 Å². The number of aromatic nitrogens is 1. The molecule has 4 heteroatoms. The van der Waals surface area contributed by atoms with Gasteiger partial charge in [0.15, 0.2) is 0 Å². The number of carbonyl (C=O) groups excluding carboxylic acids is 1. The number of pyridine rings is 1. The third-order valence-electron chi connectivity index (χ3n) is 2.97. The summed E-state index contributed by atoms with van der Waals surface area (Å²) in [5.41, 5.74) is 7.96. The SMILES string of the molecule is CC(C)c1cncc(CNC(=O)C(N)C(C)C)c1. The highest BCUT2D eigenvalue weighted by atomic mass is 16.2. The number of nitrogens with one attached hydrogen (secondary N) is 1. The van der Waals surface area contributed by atoms with Gasteiger partial charge < -0.3 is 11.1 Å². The second-order valence-electron chi connectivity index (χ2n) is 5.27. The molecule has 1 amide bonds. The predicted octanol–water partition coefficient (Wildman–Crippen LogP) is 1.80. The van der Waals surface area contributed by atoms with E-state index in [0.29, 0.717) is 12.5 Å². The average molecular weight is 249 g/mol. The van der Waals surface area contributed by atoms with Crippen molar-refractivity contribution < 1.29 is 4.79 Å². The van der Waals surface area contributed by atoms with E-state index in [0.717, 1.165) is 5.56 Å². The van der Waals surface area contributed by atoms with Crippen LogP contribution in [0.15, 0.2) is 18.5 Å². The van der Waals surface area contributed by atoms with Crippen molar-refractivity contribution in [2.24, 2.45) is 11.7 Å². The van der Waals surface area contributed by atoms with Gasteiger partial charge in [-0.3, -0.25) is 9.78 Å². The Morgan fingerprint density at radius 3 is 2.56 bits per heavy atom. The normalized spacial score (nSPS) is 12.8. The van der Waals surface area contributed by atoms with Crippen LogP contribution in [0.1, 0.15) is 44.7 Å². The van der Waals surface area contributed by atoms with Crippen molar-refractivity contribution in [2.45, 2.75) is 46.2 Å². The molecule has 0 aromatic carbocycles. The first-order valence-electron chi connectivity index (χ1n) is 6.39. The summed E-state index contributed by atoms with van der Waals surface area (Å²) in [4.78, 5) is 15.9. The molecule has 3 N–H and O–H groups in total. The number of hydrogen-bond acceptors (Lipinski definition) is 3. The van der Waals surface area contributed by atoms with Gasteiger partial charge in [-0.1, -0.05) is 33.8 Å². The van der Waals surface area contributed by atoms with Gasteiger partial charge in [-0.05, 0) is 23.0 Å². The Hall–Kier alpha value is -1.42. The Kier molecular flexibility index (Phi) is 5.28. The van der Waals surface area contributed by atoms with Crippen LogP contribution in [0.2, 0.25) is 0 Å². The largest absolute Gasteiger partial charge is 0.351 e. The first kappa shape index (κ1) is 14.6. The van der Waals surface area contributed by atoms with Crippen LogP contribution in [0.4, 0.5) is 0 Å². The van der Waals surface area contributed by atoms with Gasteiger partial charge in [0.25, 0.3) is 0 Å². The zero-order valence-electron chi connectivity index (χ0n) is 11.6. The third kappa shape index (κ3) is 4.11. The van der Waals surface area contributed by atoms with Crippen LogP contribution >= 0.6 is 0 Å². The Labute approximate surface area is 109 Å². The monoisotopic (exact) mass is 249 g/mol. The van der Waals surface area contributed by atoms with Crippen molar-refractivity contribution in [3.05, 3.63) is 29.6 Å². The third-order valence-corrected chi connectivity index (χ3v) is 2.97. The van der Waals surface area contributed by atoms with E-state index < -0.39 is 6.04 Å². The second-order valence-corrected chi connectivity index (χ2v) is 5.27. The molecule has 1 heterocycles. The minimum Gasteiger partial charge on any atom is -0.351 e. The van der Waals surface area contributed by atoms with E-state index in [1.165, 1.54) is 5.56 Å². The molecule has 0 radical (unpaired) electrons. The lowest BCUT2D eigenvalue weighted by Crippen LogP contribution is -2.43. The van der Waals surface area contributed by atoms with E-state index in [2.05, 4.69) is 30.2 Å². The standard InChI is InChI=1S/C14H23N3O/c1-9(2)12-5-11(6-16-8-12)7-17-14(18)13(15)10(3)4/h5-6,8-10,13H,7,15H2,1-4H3,(H,17,18).